The number of aliphatic imine (C=N–C) groups is 2. The molecule has 0 amide bonds. The van der Waals surface area contributed by atoms with Gasteiger partial charge in [-0.15, -0.1) is 0 Å². The highest BCUT2D eigenvalue weighted by atomic mass is 15.0. The van der Waals surface area contributed by atoms with Crippen molar-refractivity contribution in [3.05, 3.63) is 251 Å². The maximum absolute atomic E-state index is 6.68. The molecule has 0 aromatic heterocycles. The molecular formula is C55H47N3. The zero-order valence-electron chi connectivity index (χ0n) is 33.1. The highest BCUT2D eigenvalue weighted by Crippen LogP contribution is 2.58. The van der Waals surface area contributed by atoms with Gasteiger partial charge in [-0.1, -0.05) is 207 Å². The summed E-state index contributed by atoms with van der Waals surface area (Å²) in [7, 11) is 0. The molecule has 0 heterocycles. The van der Waals surface area contributed by atoms with Gasteiger partial charge in [-0.2, -0.15) is 0 Å². The molecule has 58 heavy (non-hydrogen) atoms. The lowest BCUT2D eigenvalue weighted by Gasteiger charge is -2.35. The van der Waals surface area contributed by atoms with E-state index in [2.05, 4.69) is 184 Å². The second kappa shape index (κ2) is 17.0. The molecule has 8 rings (SSSR count). The van der Waals surface area contributed by atoms with Crippen LogP contribution in [0.4, 0.5) is 0 Å². The Kier molecular flexibility index (Phi) is 11.0. The fraction of sp³-hybridized carbons (Fsp3) is 0.0909. The van der Waals surface area contributed by atoms with E-state index in [-0.39, 0.29) is 0 Å². The van der Waals surface area contributed by atoms with E-state index in [1.165, 1.54) is 44.5 Å². The molecule has 7 aromatic carbocycles. The van der Waals surface area contributed by atoms with Crippen LogP contribution in [0.2, 0.25) is 0 Å². The largest absolute Gasteiger partial charge is 0.383 e. The number of hydrogen-bond donors (Lipinski definition) is 1. The van der Waals surface area contributed by atoms with E-state index in [4.69, 9.17) is 15.7 Å². The van der Waals surface area contributed by atoms with E-state index in [9.17, 15) is 0 Å². The standard InChI is InChI=1S/C55H47N3/c1-4-6-21-41(18-5-2)53(56)58-54(57-38-40-19-9-7-10-20-40)45-25-16-23-43(37-45)42-22-15-24-44(36-42)48-29-17-30-50-49-28-13-14-31-51(49)55(52(48)50,46-26-11-8-12-27-46)47-34-32-39(3)33-35-47/h5-37H,2,4,38H2,1,3H3,(H2,56,57,58)/b21-6-,41-18+. The van der Waals surface area contributed by atoms with Crippen LogP contribution in [-0.2, 0) is 12.0 Å². The average Bonchev–Trinajstić information content (AvgIpc) is 3.59. The number of fused-ring (bicyclic) bond motifs is 3. The number of nitrogens with two attached hydrogens (primary N) is 1. The minimum Gasteiger partial charge on any atom is -0.383 e. The van der Waals surface area contributed by atoms with Gasteiger partial charge in [-0.25, -0.2) is 4.99 Å². The van der Waals surface area contributed by atoms with Crippen LogP contribution in [-0.4, -0.2) is 11.7 Å². The molecule has 3 heteroatoms. The summed E-state index contributed by atoms with van der Waals surface area (Å²) in [5.41, 5.74) is 22.4. The third-order valence-corrected chi connectivity index (χ3v) is 11.0. The van der Waals surface area contributed by atoms with Crippen LogP contribution in [0.15, 0.2) is 222 Å². The summed E-state index contributed by atoms with van der Waals surface area (Å²) in [6, 6.07) is 63.4. The third kappa shape index (κ3) is 7.31. The van der Waals surface area contributed by atoms with Gasteiger partial charge in [0, 0.05) is 11.1 Å². The van der Waals surface area contributed by atoms with Crippen LogP contribution in [0, 0.1) is 6.92 Å². The molecule has 7 aromatic rings. The van der Waals surface area contributed by atoms with Crippen molar-refractivity contribution in [3.63, 3.8) is 0 Å². The minimum absolute atomic E-state index is 0.387. The molecule has 1 atom stereocenters. The second-order valence-corrected chi connectivity index (χ2v) is 14.7. The van der Waals surface area contributed by atoms with Crippen molar-refractivity contribution in [2.75, 3.05) is 0 Å². The van der Waals surface area contributed by atoms with Crippen LogP contribution >= 0.6 is 0 Å². The fourth-order valence-corrected chi connectivity index (χ4v) is 8.28. The molecule has 0 fully saturated rings. The number of aryl methyl sites for hydroxylation is 1. The molecule has 1 unspecified atom stereocenters. The Morgan fingerprint density at radius 3 is 2.02 bits per heavy atom. The van der Waals surface area contributed by atoms with Gasteiger partial charge in [0.05, 0.1) is 12.0 Å². The van der Waals surface area contributed by atoms with Gasteiger partial charge in [0.25, 0.3) is 0 Å². The van der Waals surface area contributed by atoms with Crippen molar-refractivity contribution in [3.8, 4) is 33.4 Å². The molecule has 0 saturated heterocycles. The van der Waals surface area contributed by atoms with Crippen molar-refractivity contribution < 1.29 is 0 Å². The highest BCUT2D eigenvalue weighted by molar-refractivity contribution is 6.12. The number of amidine groups is 2. The normalized spacial score (nSPS) is 15.3. The van der Waals surface area contributed by atoms with Gasteiger partial charge >= 0.3 is 0 Å². The summed E-state index contributed by atoms with van der Waals surface area (Å²) in [6.07, 6.45) is 8.55. The van der Waals surface area contributed by atoms with E-state index < -0.39 is 5.41 Å². The van der Waals surface area contributed by atoms with Gasteiger partial charge in [0.15, 0.2) is 5.84 Å². The summed E-state index contributed by atoms with van der Waals surface area (Å²) < 4.78 is 0. The van der Waals surface area contributed by atoms with E-state index in [1.807, 2.05) is 30.4 Å². The Morgan fingerprint density at radius 1 is 0.638 bits per heavy atom. The second-order valence-electron chi connectivity index (χ2n) is 14.7. The number of benzene rings is 7. The van der Waals surface area contributed by atoms with Crippen molar-refractivity contribution >= 4 is 11.7 Å². The molecule has 0 radical (unpaired) electrons. The van der Waals surface area contributed by atoms with Crippen LogP contribution in [0.5, 0.6) is 0 Å². The van der Waals surface area contributed by atoms with Crippen molar-refractivity contribution in [2.45, 2.75) is 32.2 Å². The number of nitrogens with zero attached hydrogens (tertiary/aromatic N) is 2. The molecule has 1 aliphatic carbocycles. The lowest BCUT2D eigenvalue weighted by molar-refractivity contribution is 0.770. The van der Waals surface area contributed by atoms with E-state index in [1.54, 1.807) is 6.08 Å². The smallest absolute Gasteiger partial charge is 0.157 e. The Bertz CT molecular complexity index is 2700. The van der Waals surface area contributed by atoms with Crippen LogP contribution in [0.25, 0.3) is 33.4 Å². The predicted octanol–water partition coefficient (Wildman–Crippen LogP) is 13.1. The monoisotopic (exact) mass is 749 g/mol. The summed E-state index contributed by atoms with van der Waals surface area (Å²) in [5, 5.41) is 0. The molecule has 0 bridgehead atoms. The van der Waals surface area contributed by atoms with Gasteiger partial charge in [-0.05, 0) is 86.7 Å². The predicted molar refractivity (Wildman–Crippen MR) is 245 cm³/mol. The zero-order chi connectivity index (χ0) is 39.9. The van der Waals surface area contributed by atoms with E-state index in [0.717, 1.165) is 39.8 Å². The van der Waals surface area contributed by atoms with Gasteiger partial charge in [0.2, 0.25) is 0 Å². The van der Waals surface area contributed by atoms with E-state index >= 15 is 0 Å². The maximum atomic E-state index is 6.68. The molecular weight excluding hydrogens is 703 g/mol. The Balaban J connectivity index is 1.27. The Morgan fingerprint density at radius 2 is 1.26 bits per heavy atom. The lowest BCUT2D eigenvalue weighted by Crippen LogP contribution is -2.29. The van der Waals surface area contributed by atoms with Crippen molar-refractivity contribution in [1.29, 1.82) is 0 Å². The molecule has 282 valence electrons. The molecule has 3 nitrogen and oxygen atoms in total. The summed E-state index contributed by atoms with van der Waals surface area (Å²) in [6.45, 7) is 8.62. The minimum atomic E-state index is -0.513. The molecule has 0 saturated carbocycles. The zero-order valence-corrected chi connectivity index (χ0v) is 33.1. The number of allylic oxidation sites excluding steroid dienone is 3. The lowest BCUT2D eigenvalue weighted by atomic mass is 9.66. The third-order valence-electron chi connectivity index (χ3n) is 11.0. The molecule has 2 N–H and O–H groups in total. The first-order valence-electron chi connectivity index (χ1n) is 20.0. The topological polar surface area (TPSA) is 50.7 Å². The van der Waals surface area contributed by atoms with Crippen LogP contribution in [0.1, 0.15) is 52.3 Å². The van der Waals surface area contributed by atoms with Gasteiger partial charge in [-0.3, -0.25) is 4.99 Å². The Labute approximate surface area is 343 Å². The Hall–Kier alpha value is -7.10. The van der Waals surface area contributed by atoms with Crippen LogP contribution < -0.4 is 5.73 Å². The van der Waals surface area contributed by atoms with Gasteiger partial charge < -0.3 is 5.73 Å². The van der Waals surface area contributed by atoms with Crippen LogP contribution in [0.3, 0.4) is 0 Å². The maximum Gasteiger partial charge on any atom is 0.157 e. The molecule has 0 spiro atoms. The molecule has 0 aliphatic heterocycles. The first kappa shape index (κ1) is 37.8. The summed E-state index contributed by atoms with van der Waals surface area (Å²) in [4.78, 5) is 9.99. The summed E-state index contributed by atoms with van der Waals surface area (Å²) >= 11 is 0. The van der Waals surface area contributed by atoms with Crippen molar-refractivity contribution in [1.82, 2.24) is 0 Å². The summed E-state index contributed by atoms with van der Waals surface area (Å²) in [5.74, 6) is 0.960. The fourth-order valence-electron chi connectivity index (χ4n) is 8.28. The quantitative estimate of drug-likeness (QED) is 0.0799. The number of rotatable bonds is 11. The SMILES string of the molecule is C=C/C=C(\C=C/CC)C(N)=NC(=NCc1ccccc1)c1cccc(-c2cccc(-c3cccc4c3C(c3ccccc3)(c3ccc(C)cc3)c3ccccc3-4)c2)c1. The molecule has 1 aliphatic rings. The van der Waals surface area contributed by atoms with E-state index in [0.29, 0.717) is 18.2 Å². The first-order chi connectivity index (χ1) is 28.5. The highest BCUT2D eigenvalue weighted by Gasteiger charge is 2.47. The average molecular weight is 750 g/mol. The van der Waals surface area contributed by atoms with Gasteiger partial charge in [0.1, 0.15) is 5.84 Å². The van der Waals surface area contributed by atoms with Crippen molar-refractivity contribution in [2.24, 2.45) is 15.7 Å². The number of hydrogen-bond acceptors (Lipinski definition) is 1. The first-order valence-corrected chi connectivity index (χ1v) is 20.0.